The molecule has 0 saturated carbocycles. The van der Waals surface area contributed by atoms with Crippen molar-refractivity contribution in [2.75, 3.05) is 42.6 Å². The first-order valence-corrected chi connectivity index (χ1v) is 9.72. The molecule has 1 aromatic rings. The predicted molar refractivity (Wildman–Crippen MR) is 87.6 cm³/mol. The molecule has 0 spiro atoms. The molecule has 0 N–H and O–H groups in total. The third-order valence-electron chi connectivity index (χ3n) is 4.67. The molecule has 23 heavy (non-hydrogen) atoms. The van der Waals surface area contributed by atoms with Crippen LogP contribution < -0.4 is 4.90 Å². The molecule has 0 amide bonds. The number of carbonyl (C=O) groups is 1. The number of ketones is 1. The average Bonchev–Trinajstić information content (AvgIpc) is 2.87. The molecule has 2 aliphatic rings. The minimum Gasteiger partial charge on any atom is -0.338 e. The smallest absolute Gasteiger partial charge is 0.225 e. The summed E-state index contributed by atoms with van der Waals surface area (Å²) < 4.78 is 23.2. The number of piperazine rings is 1. The zero-order chi connectivity index (χ0) is 16.6. The van der Waals surface area contributed by atoms with Gasteiger partial charge in [0.1, 0.15) is 0 Å². The van der Waals surface area contributed by atoms with Crippen molar-refractivity contribution >= 4 is 21.6 Å². The Hall–Kier alpha value is -1.54. The maximum absolute atomic E-state index is 11.6. The Morgan fingerprint density at radius 3 is 2.48 bits per heavy atom. The Morgan fingerprint density at radius 1 is 1.26 bits per heavy atom. The minimum atomic E-state index is -2.84. The van der Waals surface area contributed by atoms with E-state index in [1.54, 1.807) is 6.20 Å². The van der Waals surface area contributed by atoms with Gasteiger partial charge in [0.25, 0.3) is 0 Å². The van der Waals surface area contributed by atoms with Crippen LogP contribution >= 0.6 is 0 Å². The molecule has 7 nitrogen and oxygen atoms in total. The normalized spacial score (nSPS) is 24.8. The van der Waals surface area contributed by atoms with Crippen molar-refractivity contribution in [1.29, 1.82) is 0 Å². The molecule has 3 rings (SSSR count). The van der Waals surface area contributed by atoms with E-state index in [4.69, 9.17) is 0 Å². The largest absolute Gasteiger partial charge is 0.338 e. The lowest BCUT2D eigenvalue weighted by Crippen LogP contribution is -2.51. The van der Waals surface area contributed by atoms with E-state index in [1.165, 1.54) is 6.92 Å². The predicted octanol–water partition coefficient (Wildman–Crippen LogP) is 0.297. The summed E-state index contributed by atoms with van der Waals surface area (Å²) in [6.45, 7) is 6.51. The Morgan fingerprint density at radius 2 is 1.96 bits per heavy atom. The first kappa shape index (κ1) is 16.3. The van der Waals surface area contributed by atoms with Crippen LogP contribution in [0.1, 0.15) is 29.4 Å². The van der Waals surface area contributed by atoms with Crippen molar-refractivity contribution in [3.63, 3.8) is 0 Å². The number of sulfone groups is 1. The monoisotopic (exact) mass is 338 g/mol. The number of Topliss-reactive ketones (excluding diaryl/α,β-unsaturated/α-hetero) is 1. The maximum atomic E-state index is 11.6. The summed E-state index contributed by atoms with van der Waals surface area (Å²) in [5.74, 6) is 1.22. The average molecular weight is 338 g/mol. The molecule has 0 aliphatic carbocycles. The number of carbonyl (C=O) groups excluding carboxylic acids is 1. The molecule has 3 heterocycles. The van der Waals surface area contributed by atoms with Crippen LogP contribution in [0.4, 0.5) is 5.95 Å². The number of anilines is 1. The minimum absolute atomic E-state index is 0.0266. The van der Waals surface area contributed by atoms with Gasteiger partial charge in [-0.05, 0) is 20.3 Å². The molecule has 0 aromatic carbocycles. The highest BCUT2D eigenvalue weighted by molar-refractivity contribution is 7.91. The Kier molecular flexibility index (Phi) is 4.37. The number of hydrogen-bond donors (Lipinski definition) is 0. The van der Waals surface area contributed by atoms with Gasteiger partial charge in [0.2, 0.25) is 5.95 Å². The molecule has 2 saturated heterocycles. The van der Waals surface area contributed by atoms with Crippen LogP contribution in [0.5, 0.6) is 0 Å². The molecule has 0 bridgehead atoms. The first-order valence-electron chi connectivity index (χ1n) is 7.90. The summed E-state index contributed by atoms with van der Waals surface area (Å²) in [5, 5.41) is 0. The molecule has 2 aliphatic heterocycles. The van der Waals surface area contributed by atoms with Gasteiger partial charge in [-0.3, -0.25) is 9.69 Å². The lowest BCUT2D eigenvalue weighted by atomic mass is 10.2. The van der Waals surface area contributed by atoms with Gasteiger partial charge in [0, 0.05) is 38.4 Å². The number of hydrogen-bond acceptors (Lipinski definition) is 7. The second-order valence-corrected chi connectivity index (χ2v) is 8.53. The van der Waals surface area contributed by atoms with Gasteiger partial charge >= 0.3 is 0 Å². The molecular weight excluding hydrogens is 316 g/mol. The zero-order valence-corrected chi connectivity index (χ0v) is 14.3. The van der Waals surface area contributed by atoms with Gasteiger partial charge in [0.15, 0.2) is 15.6 Å². The Bertz CT molecular complexity index is 711. The maximum Gasteiger partial charge on any atom is 0.225 e. The standard InChI is InChI=1S/C15H22N4O3S/c1-11-14(12(2)20)9-16-15(17-11)19-6-4-18(5-7-19)13-3-8-23(21,22)10-13/h9,13H,3-8,10H2,1-2H3. The van der Waals surface area contributed by atoms with Gasteiger partial charge in [0.05, 0.1) is 22.8 Å². The summed E-state index contributed by atoms with van der Waals surface area (Å²) in [6.07, 6.45) is 2.33. The number of aromatic nitrogens is 2. The highest BCUT2D eigenvalue weighted by atomic mass is 32.2. The van der Waals surface area contributed by atoms with E-state index < -0.39 is 9.84 Å². The summed E-state index contributed by atoms with van der Waals surface area (Å²) in [6, 6.07) is 0.157. The SMILES string of the molecule is CC(=O)c1cnc(N2CCN(C3CCS(=O)(=O)C3)CC2)nc1C. The molecule has 2 fully saturated rings. The molecule has 1 unspecified atom stereocenters. The van der Waals surface area contributed by atoms with E-state index in [1.807, 2.05) is 6.92 Å². The van der Waals surface area contributed by atoms with E-state index in [0.29, 0.717) is 23.0 Å². The molecule has 1 atom stereocenters. The van der Waals surface area contributed by atoms with E-state index in [0.717, 1.165) is 32.6 Å². The van der Waals surface area contributed by atoms with E-state index in [2.05, 4.69) is 19.8 Å². The van der Waals surface area contributed by atoms with Crippen LogP contribution in [0.3, 0.4) is 0 Å². The Labute approximate surface area is 136 Å². The summed E-state index contributed by atoms with van der Waals surface area (Å²) >= 11 is 0. The fourth-order valence-electron chi connectivity index (χ4n) is 3.30. The first-order chi connectivity index (χ1) is 10.9. The lowest BCUT2D eigenvalue weighted by Gasteiger charge is -2.37. The van der Waals surface area contributed by atoms with E-state index in [9.17, 15) is 13.2 Å². The van der Waals surface area contributed by atoms with Crippen LogP contribution in [0.2, 0.25) is 0 Å². The van der Waals surface area contributed by atoms with Crippen molar-refractivity contribution in [3.05, 3.63) is 17.5 Å². The fourth-order valence-corrected chi connectivity index (χ4v) is 5.06. The number of nitrogens with zero attached hydrogens (tertiary/aromatic N) is 4. The molecule has 0 radical (unpaired) electrons. The van der Waals surface area contributed by atoms with Gasteiger partial charge in [-0.1, -0.05) is 0 Å². The van der Waals surface area contributed by atoms with Gasteiger partial charge in [-0.2, -0.15) is 0 Å². The van der Waals surface area contributed by atoms with E-state index in [-0.39, 0.29) is 17.6 Å². The molecule has 1 aromatic heterocycles. The van der Waals surface area contributed by atoms with Crippen molar-refractivity contribution < 1.29 is 13.2 Å². The van der Waals surface area contributed by atoms with E-state index >= 15 is 0 Å². The van der Waals surface area contributed by atoms with Crippen molar-refractivity contribution in [1.82, 2.24) is 14.9 Å². The van der Waals surface area contributed by atoms with Crippen molar-refractivity contribution in [2.45, 2.75) is 26.3 Å². The van der Waals surface area contributed by atoms with Gasteiger partial charge in [-0.15, -0.1) is 0 Å². The van der Waals surface area contributed by atoms with Crippen molar-refractivity contribution in [3.8, 4) is 0 Å². The third-order valence-corrected chi connectivity index (χ3v) is 6.42. The topological polar surface area (TPSA) is 83.5 Å². The highest BCUT2D eigenvalue weighted by Gasteiger charge is 2.34. The Balaban J connectivity index is 1.63. The second kappa shape index (κ2) is 6.16. The number of aryl methyl sites for hydroxylation is 1. The van der Waals surface area contributed by atoms with Crippen LogP contribution in [0.15, 0.2) is 6.20 Å². The van der Waals surface area contributed by atoms with Gasteiger partial charge in [-0.25, -0.2) is 18.4 Å². The fraction of sp³-hybridized carbons (Fsp3) is 0.667. The quantitative estimate of drug-likeness (QED) is 0.733. The highest BCUT2D eigenvalue weighted by Crippen LogP contribution is 2.21. The van der Waals surface area contributed by atoms with Crippen LogP contribution in [0.25, 0.3) is 0 Å². The van der Waals surface area contributed by atoms with Crippen LogP contribution in [-0.2, 0) is 9.84 Å². The molecule has 8 heteroatoms. The van der Waals surface area contributed by atoms with Crippen LogP contribution in [0, 0.1) is 6.92 Å². The second-order valence-electron chi connectivity index (χ2n) is 6.31. The molecular formula is C15H22N4O3S. The summed E-state index contributed by atoms with van der Waals surface area (Å²) in [4.78, 5) is 24.6. The van der Waals surface area contributed by atoms with Crippen LogP contribution in [-0.4, -0.2) is 72.8 Å². The summed E-state index contributed by atoms with van der Waals surface area (Å²) in [7, 11) is -2.84. The van der Waals surface area contributed by atoms with Gasteiger partial charge < -0.3 is 4.90 Å². The molecule has 126 valence electrons. The number of rotatable bonds is 3. The zero-order valence-electron chi connectivity index (χ0n) is 13.5. The summed E-state index contributed by atoms with van der Waals surface area (Å²) in [5.41, 5.74) is 1.26. The lowest BCUT2D eigenvalue weighted by molar-refractivity contribution is 0.101. The third kappa shape index (κ3) is 3.53. The van der Waals surface area contributed by atoms with Crippen molar-refractivity contribution in [2.24, 2.45) is 0 Å².